The molecule has 0 radical (unpaired) electrons. The summed E-state index contributed by atoms with van der Waals surface area (Å²) in [7, 11) is 1.60. The molecular formula is C25H33ClN2O4S. The number of fused-ring (bicyclic) bond motifs is 1. The fourth-order valence-corrected chi connectivity index (χ4v) is 6.57. The zero-order valence-electron chi connectivity index (χ0n) is 19.1. The first-order chi connectivity index (χ1) is 16.0. The number of hydrogen-bond donors (Lipinski definition) is 2. The van der Waals surface area contributed by atoms with Gasteiger partial charge in [0.05, 0.1) is 29.7 Å². The van der Waals surface area contributed by atoms with Crippen LogP contribution >= 0.6 is 23.4 Å². The van der Waals surface area contributed by atoms with E-state index >= 15 is 0 Å². The van der Waals surface area contributed by atoms with Gasteiger partial charge in [-0.1, -0.05) is 18.0 Å². The number of hydrogen-bond acceptors (Lipinski definition) is 6. The predicted molar refractivity (Wildman–Crippen MR) is 133 cm³/mol. The van der Waals surface area contributed by atoms with Gasteiger partial charge >= 0.3 is 5.97 Å². The second-order valence-electron chi connectivity index (χ2n) is 9.21. The predicted octanol–water partition coefficient (Wildman–Crippen LogP) is 5.02. The zero-order chi connectivity index (χ0) is 23.4. The van der Waals surface area contributed by atoms with Crippen LogP contribution in [-0.2, 0) is 4.79 Å². The Kier molecular flexibility index (Phi) is 8.38. The van der Waals surface area contributed by atoms with Gasteiger partial charge in [0.15, 0.2) is 0 Å². The first-order valence-electron chi connectivity index (χ1n) is 11.8. The van der Waals surface area contributed by atoms with E-state index in [1.165, 1.54) is 19.3 Å². The lowest BCUT2D eigenvalue weighted by atomic mass is 9.81. The third-order valence-corrected chi connectivity index (χ3v) is 8.85. The van der Waals surface area contributed by atoms with Gasteiger partial charge < -0.3 is 19.8 Å². The number of nitrogens with zero attached hydrogens (tertiary/aromatic N) is 2. The molecule has 1 saturated carbocycles. The summed E-state index contributed by atoms with van der Waals surface area (Å²) < 4.78 is 5.33. The molecule has 3 atom stereocenters. The minimum atomic E-state index is -0.790. The van der Waals surface area contributed by atoms with Crippen LogP contribution in [-0.4, -0.2) is 63.8 Å². The highest BCUT2D eigenvalue weighted by molar-refractivity contribution is 7.99. The zero-order valence-corrected chi connectivity index (χ0v) is 20.7. The Morgan fingerprint density at radius 3 is 2.88 bits per heavy atom. The number of carbonyl (C=O) groups is 1. The second kappa shape index (κ2) is 11.3. The smallest absolute Gasteiger partial charge is 0.308 e. The van der Waals surface area contributed by atoms with Crippen LogP contribution in [0.25, 0.3) is 10.9 Å². The Morgan fingerprint density at radius 2 is 2.18 bits per heavy atom. The van der Waals surface area contributed by atoms with E-state index in [-0.39, 0.29) is 5.92 Å². The minimum absolute atomic E-state index is 0.0501. The highest BCUT2D eigenvalue weighted by atomic mass is 35.5. The summed E-state index contributed by atoms with van der Waals surface area (Å²) in [5.74, 6) is 0.674. The first kappa shape index (κ1) is 24.6. The third kappa shape index (κ3) is 5.94. The minimum Gasteiger partial charge on any atom is -0.497 e. The summed E-state index contributed by atoms with van der Waals surface area (Å²) in [4.78, 5) is 18.7. The van der Waals surface area contributed by atoms with Gasteiger partial charge in [0.2, 0.25) is 0 Å². The molecule has 2 N–H and O–H groups in total. The molecule has 1 aliphatic heterocycles. The van der Waals surface area contributed by atoms with Gasteiger partial charge in [-0.3, -0.25) is 9.78 Å². The van der Waals surface area contributed by atoms with Crippen molar-refractivity contribution in [2.75, 3.05) is 32.5 Å². The van der Waals surface area contributed by atoms with Gasteiger partial charge in [0, 0.05) is 41.2 Å². The molecule has 0 spiro atoms. The summed E-state index contributed by atoms with van der Waals surface area (Å²) in [5, 5.41) is 22.9. The van der Waals surface area contributed by atoms with E-state index in [4.69, 9.17) is 16.3 Å². The van der Waals surface area contributed by atoms with Crippen molar-refractivity contribution in [1.29, 1.82) is 0 Å². The molecule has 180 valence electrons. The maximum Gasteiger partial charge on any atom is 0.308 e. The number of halogens is 1. The summed E-state index contributed by atoms with van der Waals surface area (Å²) in [6, 6.07) is 5.52. The molecule has 1 aromatic carbocycles. The van der Waals surface area contributed by atoms with Crippen molar-refractivity contribution in [3.05, 3.63) is 35.0 Å². The van der Waals surface area contributed by atoms with Gasteiger partial charge in [-0.05, 0) is 62.8 Å². The van der Waals surface area contributed by atoms with E-state index in [2.05, 4.69) is 9.88 Å². The Morgan fingerprint density at radius 1 is 1.36 bits per heavy atom. The van der Waals surface area contributed by atoms with E-state index < -0.39 is 18.0 Å². The van der Waals surface area contributed by atoms with Crippen molar-refractivity contribution in [3.8, 4) is 5.75 Å². The molecule has 1 saturated heterocycles. The third-order valence-electron chi connectivity index (χ3n) is 7.18. The number of likely N-dealkylation sites (tertiary alicyclic amines) is 1. The van der Waals surface area contributed by atoms with Crippen LogP contribution in [0.1, 0.15) is 50.2 Å². The maximum atomic E-state index is 12.0. The summed E-state index contributed by atoms with van der Waals surface area (Å²) >= 11 is 8.47. The molecule has 3 unspecified atom stereocenters. The molecule has 2 heterocycles. The number of aliphatic hydroxyl groups excluding tert-OH is 1. The van der Waals surface area contributed by atoms with E-state index in [1.54, 1.807) is 13.3 Å². The highest BCUT2D eigenvalue weighted by Gasteiger charge is 2.34. The largest absolute Gasteiger partial charge is 0.497 e. The Hall–Kier alpha value is -1.54. The molecule has 4 rings (SSSR count). The molecule has 0 bridgehead atoms. The summed E-state index contributed by atoms with van der Waals surface area (Å²) in [6.45, 7) is 2.48. The number of carboxylic acid groups (broad SMARTS) is 1. The lowest BCUT2D eigenvalue weighted by Gasteiger charge is -2.37. The van der Waals surface area contributed by atoms with Crippen LogP contribution in [0.15, 0.2) is 24.4 Å². The average molecular weight is 493 g/mol. The van der Waals surface area contributed by atoms with Gasteiger partial charge in [-0.25, -0.2) is 0 Å². The van der Waals surface area contributed by atoms with Crippen LogP contribution < -0.4 is 4.74 Å². The van der Waals surface area contributed by atoms with E-state index in [9.17, 15) is 15.0 Å². The van der Waals surface area contributed by atoms with E-state index in [0.29, 0.717) is 35.7 Å². The van der Waals surface area contributed by atoms with Crippen molar-refractivity contribution in [1.82, 2.24) is 9.88 Å². The normalized spacial score (nSPS) is 22.8. The number of pyridine rings is 1. The molecule has 2 aromatic rings. The van der Waals surface area contributed by atoms with Gasteiger partial charge in [0.1, 0.15) is 5.75 Å². The lowest BCUT2D eigenvalue weighted by Crippen LogP contribution is -2.44. The topological polar surface area (TPSA) is 82.9 Å². The fourth-order valence-electron chi connectivity index (χ4n) is 4.93. The van der Waals surface area contributed by atoms with Gasteiger partial charge in [-0.15, -0.1) is 0 Å². The number of aromatic nitrogens is 1. The van der Waals surface area contributed by atoms with Gasteiger partial charge in [0.25, 0.3) is 0 Å². The van der Waals surface area contributed by atoms with Crippen molar-refractivity contribution in [3.63, 3.8) is 0 Å². The number of benzene rings is 1. The summed E-state index contributed by atoms with van der Waals surface area (Å²) in [5.41, 5.74) is 1.38. The molecule has 2 aliphatic rings. The average Bonchev–Trinajstić information content (AvgIpc) is 2.78. The molecule has 1 aromatic heterocycles. The molecule has 6 nitrogen and oxygen atoms in total. The van der Waals surface area contributed by atoms with E-state index in [0.717, 1.165) is 41.4 Å². The molecule has 2 fully saturated rings. The first-order valence-corrected chi connectivity index (χ1v) is 13.3. The highest BCUT2D eigenvalue weighted by Crippen LogP contribution is 2.37. The number of carboxylic acids is 1. The van der Waals surface area contributed by atoms with Crippen LogP contribution in [0, 0.1) is 11.8 Å². The molecule has 1 aliphatic carbocycles. The van der Waals surface area contributed by atoms with Crippen molar-refractivity contribution in [2.45, 2.75) is 49.9 Å². The number of ether oxygens (including phenoxy) is 1. The fraction of sp³-hybridized carbons (Fsp3) is 0.600. The van der Waals surface area contributed by atoms with Crippen LogP contribution in [0.3, 0.4) is 0 Å². The lowest BCUT2D eigenvalue weighted by molar-refractivity contribution is -0.146. The molecule has 8 heteroatoms. The van der Waals surface area contributed by atoms with Crippen LogP contribution in [0.2, 0.25) is 5.02 Å². The number of piperidine rings is 1. The maximum absolute atomic E-state index is 12.0. The van der Waals surface area contributed by atoms with Crippen molar-refractivity contribution in [2.24, 2.45) is 11.8 Å². The number of aliphatic carboxylic acids is 1. The SMILES string of the molecule is COc1ccc2ncc(Cl)c(C(O)CCC3CCN(CCSC4CCC4)CC3C(=O)O)c2c1. The monoisotopic (exact) mass is 492 g/mol. The Labute approximate surface area is 204 Å². The van der Waals surface area contributed by atoms with E-state index in [1.807, 2.05) is 30.0 Å². The quantitative estimate of drug-likeness (QED) is 0.481. The standard InChI is InChI=1S/C25H33ClN2O4S/c1-32-17-6-7-22-19(13-17)24(21(26)14-27-22)23(29)8-5-16-9-10-28(15-20(16)25(30)31)11-12-33-18-3-2-4-18/h6-7,13-14,16,18,20,23,29H,2-5,8-12,15H2,1H3,(H,30,31). The van der Waals surface area contributed by atoms with Crippen molar-refractivity contribution >= 4 is 40.2 Å². The number of rotatable bonds is 10. The second-order valence-corrected chi connectivity index (χ2v) is 11.0. The number of aliphatic hydroxyl groups is 1. The Bertz CT molecular complexity index is 971. The van der Waals surface area contributed by atoms with Gasteiger partial charge in [-0.2, -0.15) is 11.8 Å². The number of thioether (sulfide) groups is 1. The molecule has 0 amide bonds. The van der Waals surface area contributed by atoms with Crippen LogP contribution in [0.5, 0.6) is 5.75 Å². The summed E-state index contributed by atoms with van der Waals surface area (Å²) in [6.07, 6.45) is 6.73. The Balaban J connectivity index is 1.37. The number of methoxy groups -OCH3 is 1. The molecular weight excluding hydrogens is 460 g/mol. The van der Waals surface area contributed by atoms with Crippen LogP contribution in [0.4, 0.5) is 0 Å². The van der Waals surface area contributed by atoms with Crippen molar-refractivity contribution < 1.29 is 19.7 Å². The molecule has 33 heavy (non-hydrogen) atoms.